The zero-order chi connectivity index (χ0) is 14.8. The number of fused-ring (bicyclic) bond motifs is 1. The molecule has 0 spiro atoms. The van der Waals surface area contributed by atoms with Crippen LogP contribution in [0.4, 0.5) is 11.6 Å². The Kier molecular flexibility index (Phi) is 3.16. The first-order chi connectivity index (χ1) is 10.2. The molecule has 0 saturated carbocycles. The van der Waals surface area contributed by atoms with E-state index in [0.29, 0.717) is 17.9 Å². The average molecular weight is 278 g/mol. The lowest BCUT2D eigenvalue weighted by Gasteiger charge is -2.07. The molecule has 0 aromatic carbocycles. The molecule has 0 bridgehead atoms. The molecule has 6 heteroatoms. The van der Waals surface area contributed by atoms with Gasteiger partial charge in [0, 0.05) is 6.20 Å². The molecule has 0 fully saturated rings. The van der Waals surface area contributed by atoms with Gasteiger partial charge in [0.25, 0.3) is 0 Å². The Morgan fingerprint density at radius 2 is 2.14 bits per heavy atom. The first kappa shape index (κ1) is 12.9. The Balaban J connectivity index is 1.85. The van der Waals surface area contributed by atoms with Gasteiger partial charge in [-0.25, -0.2) is 9.97 Å². The number of hydrogen-bond acceptors (Lipinski definition) is 5. The maximum Gasteiger partial charge on any atom is 0.143 e. The maximum atomic E-state index is 8.84. The van der Waals surface area contributed by atoms with E-state index in [1.54, 1.807) is 12.1 Å². The van der Waals surface area contributed by atoms with Crippen LogP contribution in [0, 0.1) is 18.3 Å². The monoisotopic (exact) mass is 278 g/mol. The third-order valence-corrected chi connectivity index (χ3v) is 3.31. The molecule has 0 aliphatic heterocycles. The molecule has 6 nitrogen and oxygen atoms in total. The Bertz CT molecular complexity index is 843. The van der Waals surface area contributed by atoms with Crippen molar-refractivity contribution in [3.8, 4) is 6.07 Å². The predicted molar refractivity (Wildman–Crippen MR) is 80.6 cm³/mol. The maximum absolute atomic E-state index is 8.84. The summed E-state index contributed by atoms with van der Waals surface area (Å²) in [5.41, 5.74) is 9.04. The summed E-state index contributed by atoms with van der Waals surface area (Å²) < 4.78 is 2.04. The second kappa shape index (κ2) is 5.13. The quantitative estimate of drug-likeness (QED) is 0.765. The van der Waals surface area contributed by atoms with E-state index in [0.717, 1.165) is 17.0 Å². The van der Waals surface area contributed by atoms with Gasteiger partial charge in [0.1, 0.15) is 23.4 Å². The summed E-state index contributed by atoms with van der Waals surface area (Å²) in [5.74, 6) is 0.870. The van der Waals surface area contributed by atoms with Crippen LogP contribution >= 0.6 is 0 Å². The number of nitriles is 1. The van der Waals surface area contributed by atoms with Crippen molar-refractivity contribution in [1.82, 2.24) is 14.4 Å². The summed E-state index contributed by atoms with van der Waals surface area (Å²) in [6.07, 6.45) is 1.98. The van der Waals surface area contributed by atoms with Crippen molar-refractivity contribution in [3.63, 3.8) is 0 Å². The standard InChI is InChI=1S/C15H14N6/c1-10-12(21-7-3-2-4-14(21)19-10)9-18-13-6-5-11(8-16)15(17)20-13/h2-7H,9H2,1H3,(H3,17,18,20). The molecule has 0 radical (unpaired) electrons. The van der Waals surface area contributed by atoms with Crippen LogP contribution in [0.1, 0.15) is 17.0 Å². The molecule has 0 atom stereocenters. The van der Waals surface area contributed by atoms with Crippen molar-refractivity contribution in [2.75, 3.05) is 11.1 Å². The first-order valence-corrected chi connectivity index (χ1v) is 6.52. The van der Waals surface area contributed by atoms with Crippen molar-refractivity contribution in [1.29, 1.82) is 5.26 Å². The number of pyridine rings is 2. The molecular weight excluding hydrogens is 264 g/mol. The van der Waals surface area contributed by atoms with Crippen LogP contribution in [0.5, 0.6) is 0 Å². The third-order valence-electron chi connectivity index (χ3n) is 3.31. The van der Waals surface area contributed by atoms with Crippen molar-refractivity contribution in [2.24, 2.45) is 0 Å². The fourth-order valence-electron chi connectivity index (χ4n) is 2.22. The largest absolute Gasteiger partial charge is 0.383 e. The summed E-state index contributed by atoms with van der Waals surface area (Å²) in [7, 11) is 0. The van der Waals surface area contributed by atoms with Gasteiger partial charge in [-0.15, -0.1) is 0 Å². The van der Waals surface area contributed by atoms with Gasteiger partial charge < -0.3 is 15.5 Å². The number of nitrogen functional groups attached to an aromatic ring is 1. The SMILES string of the molecule is Cc1nc2ccccn2c1CNc1ccc(C#N)c(N)n1. The Morgan fingerprint density at radius 3 is 2.90 bits per heavy atom. The van der Waals surface area contributed by atoms with Gasteiger partial charge in [-0.2, -0.15) is 5.26 Å². The number of nitrogens with one attached hydrogen (secondary N) is 1. The van der Waals surface area contributed by atoms with Gasteiger partial charge in [0.05, 0.1) is 23.5 Å². The van der Waals surface area contributed by atoms with E-state index in [9.17, 15) is 0 Å². The summed E-state index contributed by atoms with van der Waals surface area (Å²) in [4.78, 5) is 8.67. The number of imidazole rings is 1. The van der Waals surface area contributed by atoms with Gasteiger partial charge >= 0.3 is 0 Å². The van der Waals surface area contributed by atoms with E-state index in [2.05, 4.69) is 15.3 Å². The van der Waals surface area contributed by atoms with Crippen molar-refractivity contribution >= 4 is 17.3 Å². The van der Waals surface area contributed by atoms with Crippen molar-refractivity contribution in [3.05, 3.63) is 53.5 Å². The van der Waals surface area contributed by atoms with Gasteiger partial charge in [0.2, 0.25) is 0 Å². The second-order valence-corrected chi connectivity index (χ2v) is 4.67. The molecule has 3 heterocycles. The van der Waals surface area contributed by atoms with Crippen LogP contribution in [0.2, 0.25) is 0 Å². The molecule has 0 amide bonds. The number of nitrogens with zero attached hydrogens (tertiary/aromatic N) is 4. The molecular formula is C15H14N6. The van der Waals surface area contributed by atoms with Crippen molar-refractivity contribution < 1.29 is 0 Å². The Hall–Kier alpha value is -3.07. The molecule has 104 valence electrons. The van der Waals surface area contributed by atoms with Gasteiger partial charge in [-0.3, -0.25) is 0 Å². The molecule has 3 aromatic rings. The summed E-state index contributed by atoms with van der Waals surface area (Å²) in [5, 5.41) is 12.1. The summed E-state index contributed by atoms with van der Waals surface area (Å²) in [6, 6.07) is 11.3. The zero-order valence-electron chi connectivity index (χ0n) is 11.5. The van der Waals surface area contributed by atoms with Crippen molar-refractivity contribution in [2.45, 2.75) is 13.5 Å². The lowest BCUT2D eigenvalue weighted by molar-refractivity contribution is 0.978. The highest BCUT2D eigenvalue weighted by Crippen LogP contribution is 2.15. The van der Waals surface area contributed by atoms with E-state index in [-0.39, 0.29) is 5.82 Å². The predicted octanol–water partition coefficient (Wildman–Crippen LogP) is 2.10. The number of anilines is 2. The minimum atomic E-state index is 0.234. The fraction of sp³-hybridized carbons (Fsp3) is 0.133. The van der Waals surface area contributed by atoms with Gasteiger partial charge in [-0.1, -0.05) is 6.07 Å². The lowest BCUT2D eigenvalue weighted by Crippen LogP contribution is -2.06. The third kappa shape index (κ3) is 2.37. The Labute approximate surface area is 121 Å². The highest BCUT2D eigenvalue weighted by molar-refractivity contribution is 5.54. The van der Waals surface area contributed by atoms with E-state index < -0.39 is 0 Å². The van der Waals surface area contributed by atoms with E-state index >= 15 is 0 Å². The Morgan fingerprint density at radius 1 is 1.29 bits per heavy atom. The summed E-state index contributed by atoms with van der Waals surface area (Å²) >= 11 is 0. The normalized spacial score (nSPS) is 10.5. The van der Waals surface area contributed by atoms with Crippen LogP contribution < -0.4 is 11.1 Å². The molecule has 3 aromatic heterocycles. The van der Waals surface area contributed by atoms with Gasteiger partial charge in [0.15, 0.2) is 0 Å². The number of hydrogen-bond donors (Lipinski definition) is 2. The molecule has 0 saturated heterocycles. The average Bonchev–Trinajstić information content (AvgIpc) is 2.81. The molecule has 0 aliphatic carbocycles. The van der Waals surface area contributed by atoms with Crippen LogP contribution in [-0.4, -0.2) is 14.4 Å². The summed E-state index contributed by atoms with van der Waals surface area (Å²) in [6.45, 7) is 2.56. The fourth-order valence-corrected chi connectivity index (χ4v) is 2.22. The van der Waals surface area contributed by atoms with Gasteiger partial charge in [-0.05, 0) is 31.2 Å². The molecule has 3 rings (SSSR count). The smallest absolute Gasteiger partial charge is 0.143 e. The molecule has 0 unspecified atom stereocenters. The van der Waals surface area contributed by atoms with E-state index in [1.165, 1.54) is 0 Å². The van der Waals surface area contributed by atoms with Crippen LogP contribution in [0.25, 0.3) is 5.65 Å². The number of nitrogens with two attached hydrogens (primary N) is 1. The molecule has 0 aliphatic rings. The highest BCUT2D eigenvalue weighted by atomic mass is 15.1. The number of aryl methyl sites for hydroxylation is 1. The first-order valence-electron chi connectivity index (χ1n) is 6.52. The number of aromatic nitrogens is 3. The lowest BCUT2D eigenvalue weighted by atomic mass is 10.2. The number of rotatable bonds is 3. The van der Waals surface area contributed by atoms with Crippen LogP contribution in [-0.2, 0) is 6.54 Å². The van der Waals surface area contributed by atoms with E-state index in [1.807, 2.05) is 41.8 Å². The minimum Gasteiger partial charge on any atom is -0.383 e. The van der Waals surface area contributed by atoms with Crippen LogP contribution in [0.3, 0.4) is 0 Å². The topological polar surface area (TPSA) is 92.0 Å². The second-order valence-electron chi connectivity index (χ2n) is 4.67. The zero-order valence-corrected chi connectivity index (χ0v) is 11.5. The highest BCUT2D eigenvalue weighted by Gasteiger charge is 2.08. The molecule has 3 N–H and O–H groups in total. The van der Waals surface area contributed by atoms with Crippen LogP contribution in [0.15, 0.2) is 36.5 Å². The minimum absolute atomic E-state index is 0.234. The molecule has 21 heavy (non-hydrogen) atoms. The van der Waals surface area contributed by atoms with E-state index in [4.69, 9.17) is 11.0 Å².